The Balaban J connectivity index is 2.05. The Hall–Kier alpha value is -2.83. The number of hydrogen-bond donors (Lipinski definition) is 3. The minimum atomic E-state index is -0.492. The van der Waals surface area contributed by atoms with Crippen LogP contribution in [0.3, 0.4) is 0 Å². The van der Waals surface area contributed by atoms with Gasteiger partial charge in [-0.05, 0) is 17.7 Å². The minimum Gasteiger partial charge on any atom is -0.423 e. The molecule has 0 radical (unpaired) electrons. The number of carbonyl (C=O) groups is 2. The van der Waals surface area contributed by atoms with Crippen molar-refractivity contribution < 1.29 is 14.0 Å². The van der Waals surface area contributed by atoms with Gasteiger partial charge in [-0.2, -0.15) is 0 Å². The van der Waals surface area contributed by atoms with Crippen LogP contribution in [0.4, 0.5) is 5.69 Å². The van der Waals surface area contributed by atoms with E-state index in [9.17, 15) is 14.4 Å². The van der Waals surface area contributed by atoms with E-state index in [-0.39, 0.29) is 18.2 Å². The van der Waals surface area contributed by atoms with Gasteiger partial charge in [0.15, 0.2) is 0 Å². The molecule has 0 aliphatic carbocycles. The van der Waals surface area contributed by atoms with E-state index in [1.54, 1.807) is 20.0 Å². The summed E-state index contributed by atoms with van der Waals surface area (Å²) in [5, 5.41) is 9.09. The molecule has 0 atom stereocenters. The maximum atomic E-state index is 12.0. The van der Waals surface area contributed by atoms with Crippen molar-refractivity contribution in [2.24, 2.45) is 0 Å². The lowest BCUT2D eigenvalue weighted by Crippen LogP contribution is -2.35. The first-order valence-electron chi connectivity index (χ1n) is 7.81. The molecule has 0 bridgehead atoms. The van der Waals surface area contributed by atoms with Crippen LogP contribution in [0.25, 0.3) is 11.0 Å². The lowest BCUT2D eigenvalue weighted by atomic mass is 10.1. The first-order chi connectivity index (χ1) is 11.5. The first-order valence-corrected chi connectivity index (χ1v) is 7.81. The van der Waals surface area contributed by atoms with E-state index in [1.807, 2.05) is 12.1 Å². The average molecular weight is 331 g/mol. The molecular weight excluding hydrogens is 310 g/mol. The normalized spacial score (nSPS) is 10.4. The zero-order valence-electron chi connectivity index (χ0n) is 13.8. The molecule has 1 aromatic heterocycles. The van der Waals surface area contributed by atoms with Crippen LogP contribution in [-0.4, -0.2) is 32.0 Å². The van der Waals surface area contributed by atoms with Gasteiger partial charge in [0.05, 0.1) is 6.42 Å². The summed E-state index contributed by atoms with van der Waals surface area (Å²) in [4.78, 5) is 34.8. The van der Waals surface area contributed by atoms with Crippen LogP contribution in [0.1, 0.15) is 18.9 Å². The van der Waals surface area contributed by atoms with E-state index < -0.39 is 5.63 Å². The third kappa shape index (κ3) is 4.58. The lowest BCUT2D eigenvalue weighted by molar-refractivity contribution is -0.122. The second kappa shape index (κ2) is 8.14. The molecule has 24 heavy (non-hydrogen) atoms. The van der Waals surface area contributed by atoms with Crippen LogP contribution in [0.2, 0.25) is 0 Å². The molecule has 1 heterocycles. The second-order valence-electron chi connectivity index (χ2n) is 5.28. The van der Waals surface area contributed by atoms with Crippen LogP contribution in [-0.2, 0) is 16.0 Å². The fraction of sp³-hybridized carbons (Fsp3) is 0.353. The van der Waals surface area contributed by atoms with Crippen LogP contribution in [0.15, 0.2) is 33.5 Å². The van der Waals surface area contributed by atoms with Crippen molar-refractivity contribution in [2.45, 2.75) is 19.8 Å². The Labute approximate surface area is 139 Å². The predicted molar refractivity (Wildman–Crippen MR) is 92.0 cm³/mol. The standard InChI is InChI=1S/C17H21N3O4/c1-3-15(21)19-6-7-20-16(22)8-11-9-17(23)24-14-10-12(18-2)4-5-13(11)14/h4-5,9-10,18H,3,6-8H2,1-2H3,(H,19,21)(H,20,22). The van der Waals surface area contributed by atoms with E-state index in [1.165, 1.54) is 6.07 Å². The summed E-state index contributed by atoms with van der Waals surface area (Å²) in [5.41, 5.74) is 1.37. The second-order valence-corrected chi connectivity index (χ2v) is 5.28. The lowest BCUT2D eigenvalue weighted by Gasteiger charge is -2.08. The van der Waals surface area contributed by atoms with Crippen molar-refractivity contribution in [2.75, 3.05) is 25.5 Å². The third-order valence-corrected chi connectivity index (χ3v) is 3.56. The van der Waals surface area contributed by atoms with Crippen molar-refractivity contribution in [3.05, 3.63) is 40.2 Å². The number of fused-ring (bicyclic) bond motifs is 1. The smallest absolute Gasteiger partial charge is 0.336 e. The Bertz CT molecular complexity index is 798. The monoisotopic (exact) mass is 331 g/mol. The minimum absolute atomic E-state index is 0.0590. The molecule has 0 aliphatic rings. The molecule has 0 unspecified atom stereocenters. The zero-order chi connectivity index (χ0) is 17.5. The van der Waals surface area contributed by atoms with Crippen molar-refractivity contribution in [3.8, 4) is 0 Å². The average Bonchev–Trinajstić information content (AvgIpc) is 2.57. The molecule has 0 saturated carbocycles. The SMILES string of the molecule is CCC(=O)NCCNC(=O)Cc1cc(=O)oc2cc(NC)ccc12. The molecule has 1 aromatic carbocycles. The Morgan fingerprint density at radius 3 is 2.46 bits per heavy atom. The molecule has 0 aliphatic heterocycles. The number of amides is 2. The quantitative estimate of drug-likeness (QED) is 0.519. The molecule has 128 valence electrons. The summed E-state index contributed by atoms with van der Waals surface area (Å²) in [5.74, 6) is -0.276. The summed E-state index contributed by atoms with van der Waals surface area (Å²) >= 11 is 0. The largest absolute Gasteiger partial charge is 0.423 e. The fourth-order valence-corrected chi connectivity index (χ4v) is 2.30. The highest BCUT2D eigenvalue weighted by molar-refractivity contribution is 5.88. The zero-order valence-corrected chi connectivity index (χ0v) is 13.8. The van der Waals surface area contributed by atoms with Gasteiger partial charge >= 0.3 is 5.63 Å². The molecule has 3 N–H and O–H groups in total. The number of benzene rings is 1. The third-order valence-electron chi connectivity index (χ3n) is 3.56. The molecule has 0 saturated heterocycles. The highest BCUT2D eigenvalue weighted by atomic mass is 16.4. The molecule has 2 rings (SSSR count). The Morgan fingerprint density at radius 1 is 1.08 bits per heavy atom. The van der Waals surface area contributed by atoms with E-state index in [2.05, 4.69) is 16.0 Å². The number of rotatable bonds is 7. The topological polar surface area (TPSA) is 100 Å². The Kier molecular flexibility index (Phi) is 5.95. The van der Waals surface area contributed by atoms with Gasteiger partial charge < -0.3 is 20.4 Å². The number of hydrogen-bond acceptors (Lipinski definition) is 5. The summed E-state index contributed by atoms with van der Waals surface area (Å²) < 4.78 is 5.19. The number of nitrogens with one attached hydrogen (secondary N) is 3. The molecule has 7 heteroatoms. The van der Waals surface area contributed by atoms with Gasteiger partial charge in [-0.1, -0.05) is 6.92 Å². The van der Waals surface area contributed by atoms with Crippen molar-refractivity contribution >= 4 is 28.5 Å². The maximum Gasteiger partial charge on any atom is 0.336 e. The van der Waals surface area contributed by atoms with Gasteiger partial charge in [0.1, 0.15) is 5.58 Å². The van der Waals surface area contributed by atoms with E-state index in [0.29, 0.717) is 30.7 Å². The number of carbonyl (C=O) groups excluding carboxylic acids is 2. The molecule has 7 nitrogen and oxygen atoms in total. The fourth-order valence-electron chi connectivity index (χ4n) is 2.30. The van der Waals surface area contributed by atoms with Crippen LogP contribution in [0, 0.1) is 0 Å². The Morgan fingerprint density at radius 2 is 1.79 bits per heavy atom. The van der Waals surface area contributed by atoms with Crippen molar-refractivity contribution in [1.82, 2.24) is 10.6 Å². The summed E-state index contributed by atoms with van der Waals surface area (Å²) in [6.07, 6.45) is 0.483. The van der Waals surface area contributed by atoms with Crippen molar-refractivity contribution in [1.29, 1.82) is 0 Å². The van der Waals surface area contributed by atoms with E-state index >= 15 is 0 Å². The molecular formula is C17H21N3O4. The van der Waals surface area contributed by atoms with Gasteiger partial charge in [-0.15, -0.1) is 0 Å². The van der Waals surface area contributed by atoms with Gasteiger partial charge in [-0.3, -0.25) is 9.59 Å². The van der Waals surface area contributed by atoms with E-state index in [0.717, 1.165) is 11.1 Å². The summed E-state index contributed by atoms with van der Waals surface area (Å²) in [6, 6.07) is 6.72. The van der Waals surface area contributed by atoms with Gasteiger partial charge in [-0.25, -0.2) is 4.79 Å². The van der Waals surface area contributed by atoms with Gasteiger partial charge in [0, 0.05) is 49.8 Å². The summed E-state index contributed by atoms with van der Waals surface area (Å²) in [7, 11) is 1.77. The van der Waals surface area contributed by atoms with Crippen LogP contribution in [0.5, 0.6) is 0 Å². The van der Waals surface area contributed by atoms with E-state index in [4.69, 9.17) is 4.42 Å². The van der Waals surface area contributed by atoms with Gasteiger partial charge in [0.2, 0.25) is 11.8 Å². The maximum absolute atomic E-state index is 12.0. The highest BCUT2D eigenvalue weighted by Gasteiger charge is 2.10. The molecule has 2 amide bonds. The highest BCUT2D eigenvalue weighted by Crippen LogP contribution is 2.21. The van der Waals surface area contributed by atoms with Crippen molar-refractivity contribution in [3.63, 3.8) is 0 Å². The number of anilines is 1. The van der Waals surface area contributed by atoms with Crippen LogP contribution < -0.4 is 21.6 Å². The molecule has 2 aromatic rings. The molecule has 0 fully saturated rings. The van der Waals surface area contributed by atoms with Crippen LogP contribution >= 0.6 is 0 Å². The van der Waals surface area contributed by atoms with Gasteiger partial charge in [0.25, 0.3) is 0 Å². The molecule has 0 spiro atoms. The summed E-state index contributed by atoms with van der Waals surface area (Å²) in [6.45, 7) is 2.48. The first kappa shape index (κ1) is 17.5. The predicted octanol–water partition coefficient (Wildman–Crippen LogP) is 1.02.